The molecule has 23 heavy (non-hydrogen) atoms. The van der Waals surface area contributed by atoms with E-state index >= 15 is 0 Å². The van der Waals surface area contributed by atoms with E-state index in [1.807, 2.05) is 12.3 Å². The Morgan fingerprint density at radius 1 is 1.22 bits per heavy atom. The summed E-state index contributed by atoms with van der Waals surface area (Å²) < 4.78 is 28.8. The van der Waals surface area contributed by atoms with E-state index in [0.29, 0.717) is 11.4 Å². The zero-order valence-electron chi connectivity index (χ0n) is 11.8. The molecule has 4 rings (SSSR count). The summed E-state index contributed by atoms with van der Waals surface area (Å²) in [5.74, 6) is -0.911. The van der Waals surface area contributed by atoms with Gasteiger partial charge in [0, 0.05) is 11.8 Å². The van der Waals surface area contributed by atoms with Gasteiger partial charge in [0.15, 0.2) is 5.82 Å². The van der Waals surface area contributed by atoms with Gasteiger partial charge in [-0.05, 0) is 25.1 Å². The van der Waals surface area contributed by atoms with Gasteiger partial charge in [0.25, 0.3) is 0 Å². The quantitative estimate of drug-likeness (QED) is 0.568. The van der Waals surface area contributed by atoms with Crippen molar-refractivity contribution in [2.45, 2.75) is 13.3 Å². The first-order valence-corrected chi connectivity index (χ1v) is 8.37. The van der Waals surface area contributed by atoms with Crippen molar-refractivity contribution in [3.63, 3.8) is 0 Å². The number of hydrogen-bond acceptors (Lipinski definition) is 6. The molecule has 4 aromatic rings. The van der Waals surface area contributed by atoms with Crippen molar-refractivity contribution in [1.82, 2.24) is 24.8 Å². The number of hydrogen-bond donors (Lipinski definition) is 0. The van der Waals surface area contributed by atoms with E-state index in [0.717, 1.165) is 33.9 Å². The van der Waals surface area contributed by atoms with Crippen LogP contribution in [0.4, 0.5) is 8.78 Å². The minimum atomic E-state index is -0.564. The van der Waals surface area contributed by atoms with Crippen LogP contribution in [0.3, 0.4) is 0 Å². The smallest absolute Gasteiger partial charge is 0.234 e. The van der Waals surface area contributed by atoms with Gasteiger partial charge in [0.05, 0.1) is 16.3 Å². The van der Waals surface area contributed by atoms with Crippen LogP contribution in [-0.4, -0.2) is 24.8 Å². The molecule has 0 unspecified atom stereocenters. The normalized spacial score (nSPS) is 11.4. The molecule has 0 spiro atoms. The van der Waals surface area contributed by atoms with Crippen molar-refractivity contribution >= 4 is 27.6 Å². The van der Waals surface area contributed by atoms with Crippen molar-refractivity contribution in [2.24, 2.45) is 0 Å². The minimum absolute atomic E-state index is 0.0406. The summed E-state index contributed by atoms with van der Waals surface area (Å²) in [5.41, 5.74) is 0.967. The highest BCUT2D eigenvalue weighted by Crippen LogP contribution is 2.25. The highest BCUT2D eigenvalue weighted by Gasteiger charge is 2.17. The van der Waals surface area contributed by atoms with Crippen LogP contribution in [0, 0.1) is 18.6 Å². The summed E-state index contributed by atoms with van der Waals surface area (Å²) in [6.45, 7) is 1.94. The Balaban J connectivity index is 1.76. The molecule has 3 heterocycles. The average molecular weight is 349 g/mol. The topological polar surface area (TPSA) is 56.0 Å². The second kappa shape index (κ2) is 5.43. The maximum atomic E-state index is 13.9. The van der Waals surface area contributed by atoms with Gasteiger partial charge in [-0.2, -0.15) is 9.61 Å². The van der Waals surface area contributed by atoms with E-state index < -0.39 is 11.6 Å². The van der Waals surface area contributed by atoms with Crippen LogP contribution in [0.2, 0.25) is 0 Å². The lowest BCUT2D eigenvalue weighted by Gasteiger charge is -1.99. The summed E-state index contributed by atoms with van der Waals surface area (Å²) in [6, 6.07) is 3.22. The lowest BCUT2D eigenvalue weighted by molar-refractivity contribution is 0.601. The van der Waals surface area contributed by atoms with Gasteiger partial charge in [0.1, 0.15) is 16.6 Å². The average Bonchev–Trinajstić information content (AvgIpc) is 3.18. The van der Waals surface area contributed by atoms with Crippen molar-refractivity contribution in [3.05, 3.63) is 50.9 Å². The number of halogens is 2. The molecule has 0 saturated carbocycles. The van der Waals surface area contributed by atoms with E-state index in [9.17, 15) is 8.78 Å². The van der Waals surface area contributed by atoms with Crippen LogP contribution in [0.5, 0.6) is 0 Å². The Labute approximate surface area is 137 Å². The Bertz CT molecular complexity index is 1000. The van der Waals surface area contributed by atoms with Crippen LogP contribution in [-0.2, 0) is 6.42 Å². The standard InChI is InChI=1S/C14H9F2N5S2/c1-7-17-9(6-22-7)5-12-20-21-13(18-19-14(21)23-12)10-4-8(15)2-3-11(10)16/h2-4,6H,5H2,1H3. The summed E-state index contributed by atoms with van der Waals surface area (Å²) in [6.07, 6.45) is 0.573. The Morgan fingerprint density at radius 3 is 2.87 bits per heavy atom. The van der Waals surface area contributed by atoms with Gasteiger partial charge in [0.2, 0.25) is 4.96 Å². The molecule has 0 aliphatic carbocycles. The van der Waals surface area contributed by atoms with Gasteiger partial charge in [-0.3, -0.25) is 0 Å². The van der Waals surface area contributed by atoms with Gasteiger partial charge < -0.3 is 0 Å². The first-order valence-electron chi connectivity index (χ1n) is 6.68. The first kappa shape index (κ1) is 14.3. The lowest BCUT2D eigenvalue weighted by atomic mass is 10.2. The minimum Gasteiger partial charge on any atom is -0.246 e. The molecule has 0 radical (unpaired) electrons. The largest absolute Gasteiger partial charge is 0.246 e. The molecule has 3 aromatic heterocycles. The zero-order chi connectivity index (χ0) is 16.0. The molecule has 0 amide bonds. The third-order valence-corrected chi connectivity index (χ3v) is 4.92. The molecular weight excluding hydrogens is 340 g/mol. The molecule has 0 aliphatic heterocycles. The number of aromatic nitrogens is 5. The predicted molar refractivity (Wildman–Crippen MR) is 83.7 cm³/mol. The van der Waals surface area contributed by atoms with Crippen molar-refractivity contribution in [3.8, 4) is 11.4 Å². The zero-order valence-corrected chi connectivity index (χ0v) is 13.5. The highest BCUT2D eigenvalue weighted by molar-refractivity contribution is 7.16. The summed E-state index contributed by atoms with van der Waals surface area (Å²) in [4.78, 5) is 4.93. The molecule has 116 valence electrons. The van der Waals surface area contributed by atoms with E-state index in [1.54, 1.807) is 11.3 Å². The maximum Gasteiger partial charge on any atom is 0.234 e. The Morgan fingerprint density at radius 2 is 2.09 bits per heavy atom. The number of benzene rings is 1. The number of nitrogens with zero attached hydrogens (tertiary/aromatic N) is 5. The molecule has 0 fully saturated rings. The fraction of sp³-hybridized carbons (Fsp3) is 0.143. The molecule has 1 aromatic carbocycles. The maximum absolute atomic E-state index is 13.9. The fourth-order valence-electron chi connectivity index (χ4n) is 2.21. The monoisotopic (exact) mass is 349 g/mol. The molecular formula is C14H9F2N5S2. The number of aryl methyl sites for hydroxylation is 1. The first-order chi connectivity index (χ1) is 11.1. The molecule has 0 aliphatic rings. The van der Waals surface area contributed by atoms with Crippen LogP contribution >= 0.6 is 22.7 Å². The Kier molecular flexibility index (Phi) is 3.38. The Hall–Kier alpha value is -2.26. The molecule has 9 heteroatoms. The third kappa shape index (κ3) is 2.62. The number of fused-ring (bicyclic) bond motifs is 1. The van der Waals surface area contributed by atoms with E-state index in [2.05, 4.69) is 20.3 Å². The fourth-order valence-corrected chi connectivity index (χ4v) is 3.67. The van der Waals surface area contributed by atoms with Gasteiger partial charge in [-0.1, -0.05) is 11.3 Å². The second-order valence-electron chi connectivity index (χ2n) is 4.87. The van der Waals surface area contributed by atoms with E-state index in [-0.39, 0.29) is 11.4 Å². The van der Waals surface area contributed by atoms with Gasteiger partial charge in [-0.25, -0.2) is 13.8 Å². The van der Waals surface area contributed by atoms with Gasteiger partial charge >= 0.3 is 0 Å². The predicted octanol–water partition coefficient (Wildman–Crippen LogP) is 3.49. The van der Waals surface area contributed by atoms with Crippen LogP contribution in [0.25, 0.3) is 16.3 Å². The molecule has 0 saturated heterocycles. The van der Waals surface area contributed by atoms with Crippen LogP contribution in [0.15, 0.2) is 23.6 Å². The summed E-state index contributed by atoms with van der Waals surface area (Å²) in [5, 5.41) is 16.1. The molecule has 0 N–H and O–H groups in total. The summed E-state index contributed by atoms with van der Waals surface area (Å²) in [7, 11) is 0. The van der Waals surface area contributed by atoms with E-state index in [4.69, 9.17) is 0 Å². The molecule has 5 nitrogen and oxygen atoms in total. The second-order valence-corrected chi connectivity index (χ2v) is 6.98. The third-order valence-electron chi connectivity index (χ3n) is 3.20. The lowest BCUT2D eigenvalue weighted by Crippen LogP contribution is -1.96. The van der Waals surface area contributed by atoms with Crippen LogP contribution < -0.4 is 0 Å². The van der Waals surface area contributed by atoms with E-state index in [1.165, 1.54) is 15.9 Å². The van der Waals surface area contributed by atoms with Crippen molar-refractivity contribution in [1.29, 1.82) is 0 Å². The van der Waals surface area contributed by atoms with Gasteiger partial charge in [-0.15, -0.1) is 21.5 Å². The number of thiazole rings is 1. The molecule has 0 atom stereocenters. The van der Waals surface area contributed by atoms with Crippen molar-refractivity contribution in [2.75, 3.05) is 0 Å². The number of rotatable bonds is 3. The molecule has 0 bridgehead atoms. The van der Waals surface area contributed by atoms with Crippen LogP contribution in [0.1, 0.15) is 15.7 Å². The summed E-state index contributed by atoms with van der Waals surface area (Å²) >= 11 is 2.93. The highest BCUT2D eigenvalue weighted by atomic mass is 32.1. The van der Waals surface area contributed by atoms with Crippen molar-refractivity contribution < 1.29 is 8.78 Å². The SMILES string of the molecule is Cc1nc(Cc2nn3c(-c4cc(F)ccc4F)nnc3s2)cs1.